The molecule has 0 saturated carbocycles. The molecule has 0 saturated heterocycles. The lowest BCUT2D eigenvalue weighted by atomic mass is 9.96. The molecule has 0 unspecified atom stereocenters. The van der Waals surface area contributed by atoms with Gasteiger partial charge in [-0.1, -0.05) is 12.1 Å². The summed E-state index contributed by atoms with van der Waals surface area (Å²) in [4.78, 5) is 26.2. The predicted octanol–water partition coefficient (Wildman–Crippen LogP) is 2.46. The molecule has 34 heavy (non-hydrogen) atoms. The van der Waals surface area contributed by atoms with E-state index in [1.165, 1.54) is 18.0 Å². The maximum absolute atomic E-state index is 12.9. The van der Waals surface area contributed by atoms with Crippen LogP contribution in [0.1, 0.15) is 16.7 Å². The van der Waals surface area contributed by atoms with Crippen molar-refractivity contribution >= 4 is 55.6 Å². The lowest BCUT2D eigenvalue weighted by Gasteiger charge is -2.15. The number of aliphatic hydroxyl groups is 1. The van der Waals surface area contributed by atoms with Crippen molar-refractivity contribution < 1.29 is 27.5 Å². The third-order valence-corrected chi connectivity index (χ3v) is 6.81. The molecule has 3 aromatic rings. The van der Waals surface area contributed by atoms with Crippen molar-refractivity contribution in [2.75, 3.05) is 32.5 Å². The van der Waals surface area contributed by atoms with Gasteiger partial charge in [0.2, 0.25) is 0 Å². The van der Waals surface area contributed by atoms with Gasteiger partial charge < -0.3 is 19.2 Å². The van der Waals surface area contributed by atoms with Gasteiger partial charge in [0.25, 0.3) is 10.2 Å². The molecular weight excluding hydrogens is 577 g/mol. The summed E-state index contributed by atoms with van der Waals surface area (Å²) in [5.74, 6) is 0.252. The normalized spacial score (nSPS) is 11.4. The topological polar surface area (TPSA) is 138 Å². The van der Waals surface area contributed by atoms with Crippen LogP contribution in [0.5, 0.6) is 5.75 Å². The van der Waals surface area contributed by atoms with Crippen molar-refractivity contribution in [1.82, 2.24) is 9.62 Å². The molecular formula is C22H24IN3O7S. The molecule has 3 rings (SSSR count). The van der Waals surface area contributed by atoms with E-state index in [0.717, 1.165) is 0 Å². The summed E-state index contributed by atoms with van der Waals surface area (Å²) in [6.45, 7) is -0.193. The smallest absolute Gasteiger partial charge is 0.414 e. The maximum Gasteiger partial charge on any atom is 0.414 e. The number of carbonyl (C=O) groups is 1. The fraction of sp³-hybridized carbons (Fsp3) is 0.273. The Bertz CT molecular complexity index is 1390. The molecule has 0 radical (unpaired) electrons. The van der Waals surface area contributed by atoms with Crippen LogP contribution >= 0.6 is 22.6 Å². The van der Waals surface area contributed by atoms with Gasteiger partial charge in [-0.15, -0.1) is 0 Å². The van der Waals surface area contributed by atoms with Crippen LogP contribution in [0.2, 0.25) is 0 Å². The Morgan fingerprint density at radius 3 is 2.59 bits per heavy atom. The summed E-state index contributed by atoms with van der Waals surface area (Å²) in [5.41, 5.74) is 1.61. The van der Waals surface area contributed by atoms with E-state index >= 15 is 0 Å². The molecule has 1 heterocycles. The van der Waals surface area contributed by atoms with E-state index in [9.17, 15) is 23.1 Å². The van der Waals surface area contributed by atoms with Gasteiger partial charge in [0.15, 0.2) is 0 Å². The number of anilines is 1. The van der Waals surface area contributed by atoms with Crippen LogP contribution in [-0.4, -0.2) is 52.3 Å². The Morgan fingerprint density at radius 1 is 1.21 bits per heavy atom. The Hall–Kier alpha value is -2.68. The first-order chi connectivity index (χ1) is 16.0. The molecule has 0 bridgehead atoms. The fourth-order valence-electron chi connectivity index (χ4n) is 3.30. The highest BCUT2D eigenvalue weighted by atomic mass is 127. The average Bonchev–Trinajstić information content (AvgIpc) is 2.77. The molecule has 0 aliphatic carbocycles. The highest BCUT2D eigenvalue weighted by Gasteiger charge is 2.19. The standard InChI is InChI=1S/C22H24IN3O7S/c1-24-34(30,31)25-14-6-4-5-13(9-14)10-17-15(7-8-27)16-11-18(23)20(33-22(29)26(2)3)12-19(16)32-21(17)28/h4-6,9,11-12,24-25,27H,7-8,10H2,1-3H3. The number of ether oxygens (including phenoxy) is 1. The number of nitrogens with zero attached hydrogens (tertiary/aromatic N) is 1. The van der Waals surface area contributed by atoms with E-state index in [-0.39, 0.29) is 30.8 Å². The lowest BCUT2D eigenvalue weighted by molar-refractivity contribution is 0.171. The summed E-state index contributed by atoms with van der Waals surface area (Å²) >= 11 is 2.03. The van der Waals surface area contributed by atoms with Gasteiger partial charge in [-0.25, -0.2) is 14.3 Å². The first kappa shape index (κ1) is 25.9. The first-order valence-electron chi connectivity index (χ1n) is 10.1. The van der Waals surface area contributed by atoms with Gasteiger partial charge in [-0.2, -0.15) is 8.42 Å². The number of nitrogens with one attached hydrogen (secondary N) is 2. The van der Waals surface area contributed by atoms with Gasteiger partial charge >= 0.3 is 11.7 Å². The Balaban J connectivity index is 2.06. The van der Waals surface area contributed by atoms with Crippen LogP contribution in [0.3, 0.4) is 0 Å². The van der Waals surface area contributed by atoms with Gasteiger partial charge in [-0.3, -0.25) is 4.72 Å². The van der Waals surface area contributed by atoms with Crippen LogP contribution in [0.25, 0.3) is 11.0 Å². The summed E-state index contributed by atoms with van der Waals surface area (Å²) < 4.78 is 39.7. The minimum atomic E-state index is -3.69. The Labute approximate surface area is 210 Å². The number of amides is 1. The molecule has 1 aromatic heterocycles. The molecule has 182 valence electrons. The second kappa shape index (κ2) is 10.7. The SMILES string of the molecule is CNS(=O)(=O)Nc1cccc(Cc2c(CCO)c3cc(I)c(OC(=O)N(C)C)cc3oc2=O)c1. The van der Waals surface area contributed by atoms with Crippen LogP contribution in [0, 0.1) is 3.57 Å². The molecule has 10 nitrogen and oxygen atoms in total. The number of benzene rings is 2. The summed E-state index contributed by atoms with van der Waals surface area (Å²) in [6, 6.07) is 9.87. The molecule has 2 aromatic carbocycles. The number of fused-ring (bicyclic) bond motifs is 1. The number of hydrogen-bond acceptors (Lipinski definition) is 7. The van der Waals surface area contributed by atoms with Crippen LogP contribution in [-0.2, 0) is 23.1 Å². The minimum Gasteiger partial charge on any atom is -0.422 e. The summed E-state index contributed by atoms with van der Waals surface area (Å²) in [6.07, 6.45) is -0.201. The second-order valence-electron chi connectivity index (χ2n) is 7.55. The van der Waals surface area contributed by atoms with Crippen LogP contribution in [0.15, 0.2) is 45.6 Å². The Kier molecular flexibility index (Phi) is 8.17. The van der Waals surface area contributed by atoms with Crippen molar-refractivity contribution in [3.8, 4) is 5.75 Å². The van der Waals surface area contributed by atoms with E-state index in [2.05, 4.69) is 9.44 Å². The number of halogens is 1. The van der Waals surface area contributed by atoms with Gasteiger partial charge in [0.1, 0.15) is 11.3 Å². The fourth-order valence-corrected chi connectivity index (χ4v) is 4.41. The zero-order valence-electron chi connectivity index (χ0n) is 18.7. The predicted molar refractivity (Wildman–Crippen MR) is 137 cm³/mol. The van der Waals surface area contributed by atoms with Crippen LogP contribution < -0.4 is 19.8 Å². The molecule has 3 N–H and O–H groups in total. The third-order valence-electron chi connectivity index (χ3n) is 4.93. The van der Waals surface area contributed by atoms with E-state index < -0.39 is 21.9 Å². The third kappa shape index (κ3) is 6.05. The highest BCUT2D eigenvalue weighted by molar-refractivity contribution is 14.1. The zero-order valence-corrected chi connectivity index (χ0v) is 21.7. The second-order valence-corrected chi connectivity index (χ2v) is 10.3. The average molecular weight is 601 g/mol. The maximum atomic E-state index is 12.9. The van der Waals surface area contributed by atoms with Crippen LogP contribution in [0.4, 0.5) is 10.5 Å². The van der Waals surface area contributed by atoms with E-state index in [1.54, 1.807) is 44.4 Å². The van der Waals surface area contributed by atoms with Crippen molar-refractivity contribution in [3.05, 3.63) is 67.1 Å². The van der Waals surface area contributed by atoms with Gasteiger partial charge in [0.05, 0.1) is 9.26 Å². The Morgan fingerprint density at radius 2 is 1.94 bits per heavy atom. The highest BCUT2D eigenvalue weighted by Crippen LogP contribution is 2.31. The summed E-state index contributed by atoms with van der Waals surface area (Å²) in [7, 11) is 0.714. The van der Waals surface area contributed by atoms with Crippen molar-refractivity contribution in [3.63, 3.8) is 0 Å². The first-order valence-corrected chi connectivity index (χ1v) is 12.7. The van der Waals surface area contributed by atoms with Crippen molar-refractivity contribution in [2.24, 2.45) is 0 Å². The summed E-state index contributed by atoms with van der Waals surface area (Å²) in [5, 5.41) is 10.3. The van der Waals surface area contributed by atoms with E-state index in [4.69, 9.17) is 9.15 Å². The lowest BCUT2D eigenvalue weighted by Crippen LogP contribution is -2.26. The molecule has 1 amide bonds. The molecule has 12 heteroatoms. The number of rotatable bonds is 8. The number of aliphatic hydroxyl groups excluding tert-OH is 1. The molecule has 0 aliphatic heterocycles. The van der Waals surface area contributed by atoms with Crippen molar-refractivity contribution in [2.45, 2.75) is 12.8 Å². The zero-order chi connectivity index (χ0) is 25.0. The molecule has 0 fully saturated rings. The van der Waals surface area contributed by atoms with Gasteiger partial charge in [-0.05, 0) is 58.3 Å². The largest absolute Gasteiger partial charge is 0.422 e. The molecule has 0 atom stereocenters. The van der Waals surface area contributed by atoms with E-state index in [1.807, 2.05) is 22.6 Å². The molecule has 0 aliphatic rings. The quantitative estimate of drug-likeness (QED) is 0.267. The number of hydrogen-bond donors (Lipinski definition) is 3. The monoisotopic (exact) mass is 601 g/mol. The number of carbonyl (C=O) groups excluding carboxylic acids is 1. The van der Waals surface area contributed by atoms with E-state index in [0.29, 0.717) is 31.3 Å². The minimum absolute atomic E-state index is 0.163. The van der Waals surface area contributed by atoms with Gasteiger partial charge in [0, 0.05) is 51.2 Å². The molecule has 0 spiro atoms. The van der Waals surface area contributed by atoms with Crippen molar-refractivity contribution in [1.29, 1.82) is 0 Å².